The van der Waals surface area contributed by atoms with Gasteiger partial charge in [0.05, 0.1) is 18.4 Å². The summed E-state index contributed by atoms with van der Waals surface area (Å²) in [7, 11) is 0. The lowest BCUT2D eigenvalue weighted by molar-refractivity contribution is 0.0944. The molecule has 4 heterocycles. The fourth-order valence-corrected chi connectivity index (χ4v) is 3.50. The molecular formula is C21H23N9O. The molecule has 10 nitrogen and oxygen atoms in total. The van der Waals surface area contributed by atoms with E-state index in [9.17, 15) is 4.79 Å². The number of carbonyl (C=O) groups excluding carboxylic acids is 1. The van der Waals surface area contributed by atoms with Gasteiger partial charge in [0.15, 0.2) is 11.3 Å². The number of unbranched alkanes of at least 4 members (excludes halogenated alkanes) is 1. The molecule has 1 aliphatic rings. The van der Waals surface area contributed by atoms with Crippen LogP contribution in [-0.2, 0) is 19.5 Å². The highest BCUT2D eigenvalue weighted by atomic mass is 16.2. The van der Waals surface area contributed by atoms with Crippen molar-refractivity contribution in [1.29, 1.82) is 0 Å². The molecule has 4 aromatic rings. The average Bonchev–Trinajstić information content (AvgIpc) is 3.39. The Balaban J connectivity index is 1.08. The highest BCUT2D eigenvalue weighted by Crippen LogP contribution is 2.40. The number of fused-ring (bicyclic) bond motifs is 1. The normalized spacial score (nSPS) is 13.5. The zero-order chi connectivity index (χ0) is 21.0. The van der Waals surface area contributed by atoms with E-state index in [-0.39, 0.29) is 18.1 Å². The van der Waals surface area contributed by atoms with Crippen LogP contribution in [0.1, 0.15) is 59.3 Å². The Morgan fingerprint density at radius 3 is 2.84 bits per heavy atom. The molecule has 31 heavy (non-hydrogen) atoms. The van der Waals surface area contributed by atoms with Crippen molar-refractivity contribution in [3.8, 4) is 0 Å². The highest BCUT2D eigenvalue weighted by Gasteiger charge is 2.25. The molecule has 158 valence electrons. The van der Waals surface area contributed by atoms with Crippen molar-refractivity contribution in [2.45, 2.75) is 51.1 Å². The number of amides is 1. The van der Waals surface area contributed by atoms with Crippen molar-refractivity contribution in [2.24, 2.45) is 0 Å². The molecule has 10 heteroatoms. The van der Waals surface area contributed by atoms with E-state index in [4.69, 9.17) is 0 Å². The summed E-state index contributed by atoms with van der Waals surface area (Å²) in [5.74, 6) is 0.936. The number of rotatable bonds is 9. The minimum atomic E-state index is -0.292. The van der Waals surface area contributed by atoms with Gasteiger partial charge < -0.3 is 10.3 Å². The van der Waals surface area contributed by atoms with E-state index in [1.54, 1.807) is 29.3 Å². The fraction of sp³-hybridized carbons (Fsp3) is 0.381. The first-order valence-electron chi connectivity index (χ1n) is 10.5. The van der Waals surface area contributed by atoms with Crippen molar-refractivity contribution >= 4 is 16.9 Å². The molecule has 2 N–H and O–H groups in total. The van der Waals surface area contributed by atoms with Gasteiger partial charge in [-0.3, -0.25) is 9.48 Å². The Bertz CT molecular complexity index is 1180. The summed E-state index contributed by atoms with van der Waals surface area (Å²) in [6.07, 6.45) is 10.2. The Morgan fingerprint density at radius 1 is 1.13 bits per heavy atom. The second kappa shape index (κ2) is 8.58. The lowest BCUT2D eigenvalue weighted by Gasteiger charge is -2.02. The number of aromatic nitrogens is 8. The fourth-order valence-electron chi connectivity index (χ4n) is 3.50. The monoisotopic (exact) mass is 417 g/mol. The van der Waals surface area contributed by atoms with Gasteiger partial charge in [0.1, 0.15) is 5.82 Å². The summed E-state index contributed by atoms with van der Waals surface area (Å²) in [5, 5.41) is 20.5. The molecule has 4 aromatic heterocycles. The van der Waals surface area contributed by atoms with Gasteiger partial charge >= 0.3 is 0 Å². The van der Waals surface area contributed by atoms with Crippen molar-refractivity contribution in [3.05, 3.63) is 59.7 Å². The third-order valence-corrected chi connectivity index (χ3v) is 5.33. The van der Waals surface area contributed by atoms with Crippen LogP contribution in [0.25, 0.3) is 11.0 Å². The van der Waals surface area contributed by atoms with E-state index in [0.717, 1.165) is 36.0 Å². The van der Waals surface area contributed by atoms with Crippen LogP contribution in [-0.4, -0.2) is 46.1 Å². The largest absolute Gasteiger partial charge is 0.343 e. The zero-order valence-electron chi connectivity index (χ0n) is 17.0. The van der Waals surface area contributed by atoms with Crippen LogP contribution in [0.3, 0.4) is 0 Å². The van der Waals surface area contributed by atoms with Gasteiger partial charge in [0, 0.05) is 30.0 Å². The zero-order valence-corrected chi connectivity index (χ0v) is 17.0. The lowest BCUT2D eigenvalue weighted by Crippen LogP contribution is -2.24. The van der Waals surface area contributed by atoms with Crippen molar-refractivity contribution < 1.29 is 4.79 Å². The first kappa shape index (κ1) is 19.3. The molecular weight excluding hydrogens is 394 g/mol. The molecule has 0 radical (unpaired) electrons. The third kappa shape index (κ3) is 4.73. The molecule has 0 unspecified atom stereocenters. The van der Waals surface area contributed by atoms with Gasteiger partial charge in [0.25, 0.3) is 5.91 Å². The first-order chi connectivity index (χ1) is 15.2. The summed E-state index contributed by atoms with van der Waals surface area (Å²) >= 11 is 0. The van der Waals surface area contributed by atoms with E-state index >= 15 is 0 Å². The highest BCUT2D eigenvalue weighted by molar-refractivity contribution is 5.91. The number of nitrogens with zero attached hydrogens (tertiary/aromatic N) is 7. The van der Waals surface area contributed by atoms with Gasteiger partial charge in [-0.25, -0.2) is 9.97 Å². The predicted octanol–water partition coefficient (Wildman–Crippen LogP) is 2.17. The van der Waals surface area contributed by atoms with E-state index < -0.39 is 0 Å². The molecule has 1 aliphatic carbocycles. The Morgan fingerprint density at radius 2 is 2.00 bits per heavy atom. The summed E-state index contributed by atoms with van der Waals surface area (Å²) in [4.78, 5) is 23.7. The van der Waals surface area contributed by atoms with Gasteiger partial charge in [-0.05, 0) is 56.2 Å². The number of aryl methyl sites for hydroxylation is 2. The second-order valence-corrected chi connectivity index (χ2v) is 7.81. The maximum atomic E-state index is 12.2. The van der Waals surface area contributed by atoms with Gasteiger partial charge in [0.2, 0.25) is 0 Å². The SMILES string of the molecule is O=C(NCc1ncccn1)c1cn(CCCCc2cc3cc(C4CC4)[nH]c3nn2)nn1. The van der Waals surface area contributed by atoms with Gasteiger partial charge in [-0.15, -0.1) is 10.2 Å². The van der Waals surface area contributed by atoms with Crippen LogP contribution in [0.5, 0.6) is 0 Å². The quantitative estimate of drug-likeness (QED) is 0.400. The molecule has 1 amide bonds. The Labute approximate surface area is 178 Å². The number of carbonyl (C=O) groups is 1. The van der Waals surface area contributed by atoms with Gasteiger partial charge in [-0.2, -0.15) is 5.10 Å². The number of hydrogen-bond acceptors (Lipinski definition) is 7. The molecule has 0 spiro atoms. The molecule has 0 aliphatic heterocycles. The number of aromatic amines is 1. The number of nitrogens with one attached hydrogen (secondary N) is 2. The smallest absolute Gasteiger partial charge is 0.273 e. The summed E-state index contributed by atoms with van der Waals surface area (Å²) in [6.45, 7) is 0.939. The molecule has 0 atom stereocenters. The average molecular weight is 417 g/mol. The van der Waals surface area contributed by atoms with E-state index in [1.807, 2.05) is 0 Å². The van der Waals surface area contributed by atoms with Crippen LogP contribution in [0, 0.1) is 0 Å². The van der Waals surface area contributed by atoms with Crippen LogP contribution in [0.15, 0.2) is 36.8 Å². The van der Waals surface area contributed by atoms with E-state index in [2.05, 4.69) is 52.9 Å². The Kier molecular flexibility index (Phi) is 5.34. The Hall–Kier alpha value is -3.69. The summed E-state index contributed by atoms with van der Waals surface area (Å²) in [6, 6.07) is 6.06. The third-order valence-electron chi connectivity index (χ3n) is 5.33. The number of hydrogen-bond donors (Lipinski definition) is 2. The van der Waals surface area contributed by atoms with Crippen molar-refractivity contribution in [2.75, 3.05) is 0 Å². The van der Waals surface area contributed by atoms with Crippen molar-refractivity contribution in [3.63, 3.8) is 0 Å². The van der Waals surface area contributed by atoms with Gasteiger partial charge in [-0.1, -0.05) is 5.21 Å². The maximum absolute atomic E-state index is 12.2. The standard InChI is InChI=1S/C21H23N9O/c31-21(24-12-19-22-7-3-8-23-19)18-13-30(29-27-18)9-2-1-4-16-10-15-11-17(14-5-6-14)25-20(15)28-26-16/h3,7-8,10-11,13-14H,1-2,4-6,9,12H2,(H,24,31)(H,25,28). The first-order valence-corrected chi connectivity index (χ1v) is 10.5. The van der Waals surface area contributed by atoms with E-state index in [1.165, 1.54) is 18.5 Å². The minimum Gasteiger partial charge on any atom is -0.343 e. The van der Waals surface area contributed by atoms with Crippen LogP contribution in [0.2, 0.25) is 0 Å². The predicted molar refractivity (Wildman–Crippen MR) is 112 cm³/mol. The summed E-state index contributed by atoms with van der Waals surface area (Å²) < 4.78 is 1.69. The lowest BCUT2D eigenvalue weighted by atomic mass is 10.1. The van der Waals surface area contributed by atoms with Crippen LogP contribution < -0.4 is 5.32 Å². The van der Waals surface area contributed by atoms with Crippen molar-refractivity contribution in [1.82, 2.24) is 45.5 Å². The van der Waals surface area contributed by atoms with Crippen LogP contribution in [0.4, 0.5) is 0 Å². The molecule has 0 saturated heterocycles. The molecule has 0 aromatic carbocycles. The second-order valence-electron chi connectivity index (χ2n) is 7.81. The number of H-pyrrole nitrogens is 1. The van der Waals surface area contributed by atoms with E-state index in [0.29, 0.717) is 18.3 Å². The summed E-state index contributed by atoms with van der Waals surface area (Å²) in [5.41, 5.74) is 3.43. The topological polar surface area (TPSA) is 127 Å². The molecule has 5 rings (SSSR count). The molecule has 1 saturated carbocycles. The maximum Gasteiger partial charge on any atom is 0.273 e. The van der Waals surface area contributed by atoms with Crippen LogP contribution >= 0.6 is 0 Å². The minimum absolute atomic E-state index is 0.251. The molecule has 1 fully saturated rings. The molecule has 0 bridgehead atoms.